The van der Waals surface area contributed by atoms with Crippen molar-refractivity contribution in [3.63, 3.8) is 0 Å². The minimum atomic E-state index is -3.50. The molecule has 2 heterocycles. The molecule has 5 N–H and O–H groups in total. The van der Waals surface area contributed by atoms with Crippen molar-refractivity contribution in [3.05, 3.63) is 12.7 Å². The van der Waals surface area contributed by atoms with Crippen LogP contribution in [0.3, 0.4) is 0 Å². The van der Waals surface area contributed by atoms with Crippen molar-refractivity contribution in [1.29, 1.82) is 0 Å². The second kappa shape index (κ2) is 15.4. The first-order valence-corrected chi connectivity index (χ1v) is 19.7. The molecule has 4 unspecified atom stereocenters. The van der Waals surface area contributed by atoms with Gasteiger partial charge < -0.3 is 31.1 Å². The van der Waals surface area contributed by atoms with Crippen LogP contribution < -0.4 is 21.3 Å². The van der Waals surface area contributed by atoms with E-state index in [9.17, 15) is 32.7 Å². The van der Waals surface area contributed by atoms with Crippen LogP contribution in [0.2, 0.25) is 0 Å². The Kier molecular flexibility index (Phi) is 12.3. The van der Waals surface area contributed by atoms with Crippen LogP contribution in [0.1, 0.15) is 92.9 Å². The molecule has 2 saturated heterocycles. The Bertz CT molecular complexity index is 1360. The second-order valence-corrected chi connectivity index (χ2v) is 18.5. The lowest BCUT2D eigenvalue weighted by Crippen LogP contribution is -2.68. The molecule has 4 fully saturated rings. The molecule has 4 rings (SSSR count). The van der Waals surface area contributed by atoms with Gasteiger partial charge >= 0.3 is 6.03 Å². The van der Waals surface area contributed by atoms with E-state index in [2.05, 4.69) is 41.7 Å². The molecule has 278 valence electrons. The Morgan fingerprint density at radius 2 is 1.78 bits per heavy atom. The normalized spacial score (nSPS) is 29.0. The van der Waals surface area contributed by atoms with Crippen LogP contribution in [-0.4, -0.2) is 109 Å². The molecule has 7 atom stereocenters. The van der Waals surface area contributed by atoms with Gasteiger partial charge in [-0.1, -0.05) is 79.7 Å². The number of Topliss-reactive ketones (excluding diaryl/α,β-unsaturated/α-hetero) is 1. The van der Waals surface area contributed by atoms with Gasteiger partial charge in [-0.25, -0.2) is 13.2 Å². The summed E-state index contributed by atoms with van der Waals surface area (Å²) in [6, 6.07) is -3.26. The number of carbonyl (C=O) groups is 4. The van der Waals surface area contributed by atoms with E-state index < -0.39 is 74.0 Å². The number of unbranched alkanes of at least 4 members (excludes halogenated alkanes) is 1. The zero-order valence-electron chi connectivity index (χ0n) is 30.2. The van der Waals surface area contributed by atoms with E-state index in [0.29, 0.717) is 32.2 Å². The fourth-order valence-corrected chi connectivity index (χ4v) is 10.3. The summed E-state index contributed by atoms with van der Waals surface area (Å²) in [6.45, 7) is 16.0. The predicted molar refractivity (Wildman–Crippen MR) is 186 cm³/mol. The Morgan fingerprint density at radius 3 is 2.37 bits per heavy atom. The summed E-state index contributed by atoms with van der Waals surface area (Å²) in [5.74, 6) is -2.05. The van der Waals surface area contributed by atoms with Crippen molar-refractivity contribution >= 4 is 33.5 Å². The SMILES string of the molecule is C=CCNC(=O)C(=O)[C@H](CCCC)NC(=O)[C@@H]1C2C(CN1C(O)[C@@H](NC(=O)NC1(C3COCCS3(=O)=O)CCCCC1)C(C)(C)C)C2(C)C. The van der Waals surface area contributed by atoms with Crippen molar-refractivity contribution < 1.29 is 37.4 Å². The number of aliphatic hydroxyl groups is 1. The van der Waals surface area contributed by atoms with Crippen LogP contribution in [0.4, 0.5) is 4.79 Å². The minimum Gasteiger partial charge on any atom is -0.379 e. The van der Waals surface area contributed by atoms with Crippen LogP contribution in [0, 0.1) is 22.7 Å². The molecule has 13 nitrogen and oxygen atoms in total. The molecule has 14 heteroatoms. The average molecular weight is 710 g/mol. The van der Waals surface area contributed by atoms with Gasteiger partial charge in [0.2, 0.25) is 11.7 Å². The number of nitrogens with one attached hydrogen (secondary N) is 4. The van der Waals surface area contributed by atoms with E-state index in [1.54, 1.807) is 4.90 Å². The fraction of sp³-hybridized carbons (Fsp3) is 0.829. The molecular weight excluding hydrogens is 650 g/mol. The van der Waals surface area contributed by atoms with Gasteiger partial charge in [0, 0.05) is 13.1 Å². The van der Waals surface area contributed by atoms with Crippen molar-refractivity contribution in [3.8, 4) is 0 Å². The number of piperidine rings is 1. The first-order chi connectivity index (χ1) is 22.9. The number of ether oxygens (including phenoxy) is 1. The molecule has 49 heavy (non-hydrogen) atoms. The molecule has 0 aromatic carbocycles. The summed E-state index contributed by atoms with van der Waals surface area (Å²) in [6.07, 6.45) is 5.39. The number of ketones is 1. The van der Waals surface area contributed by atoms with E-state index in [1.807, 2.05) is 27.7 Å². The lowest BCUT2D eigenvalue weighted by atomic mass is 9.79. The van der Waals surface area contributed by atoms with Gasteiger partial charge in [-0.3, -0.25) is 19.3 Å². The van der Waals surface area contributed by atoms with Gasteiger partial charge in [-0.05, 0) is 41.9 Å². The number of hydrogen-bond acceptors (Lipinski definition) is 9. The highest BCUT2D eigenvalue weighted by atomic mass is 32.2. The number of hydrogen-bond donors (Lipinski definition) is 5. The zero-order valence-corrected chi connectivity index (χ0v) is 31.0. The van der Waals surface area contributed by atoms with Crippen LogP contribution in [0.5, 0.6) is 0 Å². The predicted octanol–water partition coefficient (Wildman–Crippen LogP) is 2.04. The molecule has 4 aliphatic rings. The standard InChI is InChI=1S/C35H59N5O8S/c1-8-10-14-23(27(41)30(43)36-17-9-2)37-29(42)26-25-22(34(25,6)7)20-40(26)31(44)28(33(3,4)5)38-32(45)39-35(15-12-11-13-16-35)24-21-48-18-19-49(24,46)47/h9,22-26,28,31,44H,2,8,10-21H2,1,3-7H3,(H,36,43)(H,37,42)(H2,38,39,45)/t22?,23-,24?,25?,26-,28+,31?/m0/s1. The summed E-state index contributed by atoms with van der Waals surface area (Å²) < 4.78 is 32.0. The Labute approximate surface area is 292 Å². The first-order valence-electron chi connectivity index (χ1n) is 18.0. The molecule has 4 amide bonds. The van der Waals surface area contributed by atoms with Gasteiger partial charge in [0.25, 0.3) is 5.91 Å². The van der Waals surface area contributed by atoms with Crippen LogP contribution in [0.25, 0.3) is 0 Å². The average Bonchev–Trinajstić information content (AvgIpc) is 3.33. The third kappa shape index (κ3) is 8.50. The van der Waals surface area contributed by atoms with Gasteiger partial charge in [0.1, 0.15) is 11.5 Å². The van der Waals surface area contributed by atoms with Crippen molar-refractivity contribution in [2.75, 3.05) is 32.1 Å². The van der Waals surface area contributed by atoms with Crippen LogP contribution in [-0.2, 0) is 29.0 Å². The number of nitrogens with zero attached hydrogens (tertiary/aromatic N) is 1. The lowest BCUT2D eigenvalue weighted by molar-refractivity contribution is -0.142. The first kappa shape index (κ1) is 39.2. The highest BCUT2D eigenvalue weighted by Gasteiger charge is 2.69. The monoisotopic (exact) mass is 709 g/mol. The van der Waals surface area contributed by atoms with Crippen LogP contribution >= 0.6 is 0 Å². The summed E-state index contributed by atoms with van der Waals surface area (Å²) in [7, 11) is -3.50. The third-order valence-corrected chi connectivity index (χ3v) is 13.6. The molecule has 0 radical (unpaired) electrons. The largest absolute Gasteiger partial charge is 0.379 e. The number of aliphatic hydroxyl groups excluding tert-OH is 1. The Hall–Kier alpha value is -2.55. The maximum absolute atomic E-state index is 14.1. The van der Waals surface area contributed by atoms with Gasteiger partial charge in [-0.2, -0.15) is 0 Å². The number of sulfone groups is 1. The molecule has 0 aromatic heterocycles. The Morgan fingerprint density at radius 1 is 1.10 bits per heavy atom. The quantitative estimate of drug-likeness (QED) is 0.133. The topological polar surface area (TPSA) is 183 Å². The molecule has 0 spiro atoms. The summed E-state index contributed by atoms with van der Waals surface area (Å²) in [5, 5.41) is 22.6. The van der Waals surface area contributed by atoms with Crippen molar-refractivity contribution in [2.24, 2.45) is 22.7 Å². The molecule has 0 aromatic rings. The molecule has 0 bridgehead atoms. The number of fused-ring (bicyclic) bond motifs is 1. The lowest BCUT2D eigenvalue weighted by Gasteiger charge is -2.46. The number of carbonyl (C=O) groups excluding carboxylic acids is 4. The number of likely N-dealkylation sites (tertiary alicyclic amines) is 1. The van der Waals surface area contributed by atoms with Gasteiger partial charge in [-0.15, -0.1) is 6.58 Å². The third-order valence-electron chi connectivity index (χ3n) is 11.4. The van der Waals surface area contributed by atoms with E-state index in [-0.39, 0.29) is 42.8 Å². The van der Waals surface area contributed by atoms with E-state index in [4.69, 9.17) is 4.74 Å². The van der Waals surface area contributed by atoms with Gasteiger partial charge in [0.15, 0.2) is 9.84 Å². The molecule has 2 aliphatic carbocycles. The van der Waals surface area contributed by atoms with E-state index in [0.717, 1.165) is 25.7 Å². The zero-order chi connectivity index (χ0) is 36.4. The molecule has 2 aliphatic heterocycles. The van der Waals surface area contributed by atoms with Crippen molar-refractivity contribution in [1.82, 2.24) is 26.2 Å². The van der Waals surface area contributed by atoms with Gasteiger partial charge in [0.05, 0.1) is 42.6 Å². The smallest absolute Gasteiger partial charge is 0.315 e. The highest BCUT2D eigenvalue weighted by molar-refractivity contribution is 7.92. The fourth-order valence-electron chi connectivity index (χ4n) is 8.40. The number of rotatable bonds is 14. The summed E-state index contributed by atoms with van der Waals surface area (Å²) in [5.41, 5.74) is -1.84. The van der Waals surface area contributed by atoms with E-state index >= 15 is 0 Å². The Balaban J connectivity index is 1.56. The second-order valence-electron chi connectivity index (χ2n) is 16.2. The van der Waals surface area contributed by atoms with Crippen LogP contribution in [0.15, 0.2) is 12.7 Å². The summed E-state index contributed by atoms with van der Waals surface area (Å²) in [4.78, 5) is 55.3. The number of urea groups is 1. The maximum Gasteiger partial charge on any atom is 0.315 e. The minimum absolute atomic E-state index is 0.0226. The molecule has 2 saturated carbocycles. The van der Waals surface area contributed by atoms with E-state index in [1.165, 1.54) is 6.08 Å². The van der Waals surface area contributed by atoms with Crippen molar-refractivity contribution in [2.45, 2.75) is 128 Å². The highest BCUT2D eigenvalue weighted by Crippen LogP contribution is 2.65. The summed E-state index contributed by atoms with van der Waals surface area (Å²) >= 11 is 0. The number of amides is 4. The molecular formula is C35H59N5O8S. The maximum atomic E-state index is 14.1.